The van der Waals surface area contributed by atoms with Gasteiger partial charge in [0.2, 0.25) is 5.91 Å². The van der Waals surface area contributed by atoms with Crippen LogP contribution >= 0.6 is 0 Å². The Balaban J connectivity index is 3.68. The molecule has 0 radical (unpaired) electrons. The van der Waals surface area contributed by atoms with Gasteiger partial charge in [-0.15, -0.1) is 0 Å². The summed E-state index contributed by atoms with van der Waals surface area (Å²) in [5.41, 5.74) is -0.443. The number of amides is 2. The van der Waals surface area contributed by atoms with Crippen LogP contribution < -0.4 is 5.32 Å². The fourth-order valence-corrected chi connectivity index (χ4v) is 11.7. The summed E-state index contributed by atoms with van der Waals surface area (Å²) in [6.07, 6.45) is 3.68. The number of hydrogen-bond donors (Lipinski definition) is 1. The van der Waals surface area contributed by atoms with Crippen LogP contribution in [0.15, 0.2) is 12.2 Å². The van der Waals surface area contributed by atoms with Crippen molar-refractivity contribution in [3.8, 4) is 0 Å². The van der Waals surface area contributed by atoms with E-state index in [2.05, 4.69) is 46.9 Å². The van der Waals surface area contributed by atoms with Crippen molar-refractivity contribution in [1.29, 1.82) is 0 Å². The number of carbonyl (C=O) groups is 3. The average molecular weight is 569 g/mol. The van der Waals surface area contributed by atoms with E-state index in [1.165, 1.54) is 11.8 Å². The van der Waals surface area contributed by atoms with Gasteiger partial charge < -0.3 is 19.2 Å². The largest absolute Gasteiger partial charge is 0.458 e. The van der Waals surface area contributed by atoms with Crippen molar-refractivity contribution in [3.05, 3.63) is 12.2 Å². The van der Waals surface area contributed by atoms with Gasteiger partial charge in [0.25, 0.3) is 0 Å². The van der Waals surface area contributed by atoms with E-state index in [0.29, 0.717) is 23.0 Å². The quantitative estimate of drug-likeness (QED) is 0.181. The highest BCUT2D eigenvalue weighted by atomic mass is 28.4. The van der Waals surface area contributed by atoms with Gasteiger partial charge in [-0.25, -0.2) is 9.59 Å². The Hall–Kier alpha value is -1.87. The first-order valence-corrected chi connectivity index (χ1v) is 16.6. The zero-order chi connectivity index (χ0) is 30.5. The lowest BCUT2D eigenvalue weighted by Crippen LogP contribution is -2.59. The molecule has 0 aromatic heterocycles. The molecule has 0 unspecified atom stereocenters. The number of hydrogen-bond acceptors (Lipinski definition) is 6. The maximum absolute atomic E-state index is 13.7. The second-order valence-corrected chi connectivity index (χ2v) is 19.2. The molecule has 9 heteroatoms. The molecule has 0 aromatic carbocycles. The number of allylic oxidation sites excluding steroid dienone is 1. The molecule has 0 bridgehead atoms. The smallest absolute Gasteiger partial charge is 0.411 e. The van der Waals surface area contributed by atoms with Crippen molar-refractivity contribution in [2.45, 2.75) is 149 Å². The Bertz CT molecular complexity index is 850. The van der Waals surface area contributed by atoms with Crippen molar-refractivity contribution in [3.63, 3.8) is 0 Å². The Kier molecular flexibility index (Phi) is 12.3. The van der Waals surface area contributed by atoms with E-state index >= 15 is 0 Å². The molecular weight excluding hydrogens is 512 g/mol. The monoisotopic (exact) mass is 568 g/mol. The molecule has 4 atom stereocenters. The van der Waals surface area contributed by atoms with Crippen LogP contribution in [-0.2, 0) is 23.5 Å². The van der Waals surface area contributed by atoms with Crippen LogP contribution in [0, 0.1) is 5.92 Å². The molecule has 1 aliphatic rings. The molecule has 2 amide bonds. The lowest BCUT2D eigenvalue weighted by Gasteiger charge is -2.44. The van der Waals surface area contributed by atoms with Gasteiger partial charge in [0, 0.05) is 12.8 Å². The summed E-state index contributed by atoms with van der Waals surface area (Å²) < 4.78 is 18.5. The maximum Gasteiger partial charge on any atom is 0.411 e. The Labute approximate surface area is 238 Å². The molecule has 0 saturated carbocycles. The van der Waals surface area contributed by atoms with Gasteiger partial charge in [-0.3, -0.25) is 9.69 Å². The van der Waals surface area contributed by atoms with Crippen molar-refractivity contribution < 1.29 is 28.3 Å². The molecule has 8 nitrogen and oxygen atoms in total. The van der Waals surface area contributed by atoms with Gasteiger partial charge in [0.1, 0.15) is 17.2 Å². The maximum atomic E-state index is 13.7. The molecule has 226 valence electrons. The van der Waals surface area contributed by atoms with Crippen molar-refractivity contribution in [2.75, 3.05) is 6.61 Å². The normalized spacial score (nSPS) is 21.7. The van der Waals surface area contributed by atoms with Crippen LogP contribution in [0.4, 0.5) is 4.79 Å². The topological polar surface area (TPSA) is 94.2 Å². The number of carbonyl (C=O) groups excluding carboxylic acids is 3. The van der Waals surface area contributed by atoms with E-state index in [1.807, 2.05) is 19.1 Å². The van der Waals surface area contributed by atoms with Gasteiger partial charge in [-0.1, -0.05) is 53.7 Å². The second kappa shape index (κ2) is 13.7. The number of nitrogens with one attached hydrogen (secondary N) is 1. The standard InChI is InChI=1S/C30H56N2O6Si/c1-15-16-23-17-25(27(34)37-29(9,10)11)32(28(35)38-30(12,13)14)26(23)24(31-22(8)33)18-36-39(19(2)3,20(4)5)21(6)7/h15-16,19-21,23-26H,17-18H2,1-14H3,(H,31,33)/b16-15-/t23-,24-,25-,26-/m1/s1. The third-order valence-corrected chi connectivity index (χ3v) is 13.4. The van der Waals surface area contributed by atoms with Gasteiger partial charge in [0.05, 0.1) is 18.7 Å². The van der Waals surface area contributed by atoms with E-state index in [4.69, 9.17) is 13.9 Å². The number of rotatable bonds is 10. The molecule has 39 heavy (non-hydrogen) atoms. The van der Waals surface area contributed by atoms with E-state index < -0.39 is 49.7 Å². The molecule has 0 aromatic rings. The predicted octanol–water partition coefficient (Wildman–Crippen LogP) is 6.60. The molecule has 1 heterocycles. The highest BCUT2D eigenvalue weighted by Gasteiger charge is 2.53. The Morgan fingerprint density at radius 2 is 1.41 bits per heavy atom. The number of likely N-dealkylation sites (tertiary alicyclic amines) is 1. The van der Waals surface area contributed by atoms with E-state index in [1.54, 1.807) is 41.5 Å². The summed E-state index contributed by atoms with van der Waals surface area (Å²) in [6.45, 7) is 27.7. The third-order valence-electron chi connectivity index (χ3n) is 7.33. The zero-order valence-electron chi connectivity index (χ0n) is 27.0. The van der Waals surface area contributed by atoms with Crippen LogP contribution in [0.3, 0.4) is 0 Å². The molecule has 0 spiro atoms. The molecule has 1 fully saturated rings. The molecule has 0 aliphatic carbocycles. The first-order valence-electron chi connectivity index (χ1n) is 14.5. The highest BCUT2D eigenvalue weighted by Crippen LogP contribution is 2.43. The summed E-state index contributed by atoms with van der Waals surface area (Å²) in [5, 5.41) is 3.08. The molecule has 1 N–H and O–H groups in total. The minimum Gasteiger partial charge on any atom is -0.458 e. The SMILES string of the molecule is C/C=C\[C@@H]1C[C@H](C(=O)OC(C)(C)C)N(C(=O)OC(C)(C)C)[C@H]1[C@@H](CO[Si](C(C)C)(C(C)C)C(C)C)NC(C)=O. The summed E-state index contributed by atoms with van der Waals surface area (Å²) >= 11 is 0. The summed E-state index contributed by atoms with van der Waals surface area (Å²) in [6, 6.07) is -1.97. The van der Waals surface area contributed by atoms with Crippen LogP contribution in [0.5, 0.6) is 0 Å². The predicted molar refractivity (Wildman–Crippen MR) is 159 cm³/mol. The minimum atomic E-state index is -2.29. The van der Waals surface area contributed by atoms with E-state index in [9.17, 15) is 14.4 Å². The van der Waals surface area contributed by atoms with Gasteiger partial charge in [-0.05, 0) is 71.5 Å². The first kappa shape index (κ1) is 35.2. The summed E-state index contributed by atoms with van der Waals surface area (Å²) in [7, 11) is -2.29. The fourth-order valence-electron chi connectivity index (χ4n) is 6.22. The van der Waals surface area contributed by atoms with Crippen molar-refractivity contribution >= 4 is 26.3 Å². The van der Waals surface area contributed by atoms with Gasteiger partial charge >= 0.3 is 12.1 Å². The van der Waals surface area contributed by atoms with Crippen molar-refractivity contribution in [2.24, 2.45) is 5.92 Å². The van der Waals surface area contributed by atoms with E-state index in [0.717, 1.165) is 0 Å². The van der Waals surface area contributed by atoms with Crippen LogP contribution in [0.1, 0.15) is 103 Å². The Morgan fingerprint density at radius 3 is 1.79 bits per heavy atom. The van der Waals surface area contributed by atoms with Crippen LogP contribution in [-0.4, -0.2) is 67.1 Å². The number of nitrogens with zero attached hydrogens (tertiary/aromatic N) is 1. The van der Waals surface area contributed by atoms with Crippen LogP contribution in [0.25, 0.3) is 0 Å². The fraction of sp³-hybridized carbons (Fsp3) is 0.833. The third kappa shape index (κ3) is 9.34. The first-order chi connectivity index (χ1) is 17.7. The summed E-state index contributed by atoms with van der Waals surface area (Å²) in [4.78, 5) is 41.2. The van der Waals surface area contributed by atoms with Crippen molar-refractivity contribution in [1.82, 2.24) is 10.2 Å². The van der Waals surface area contributed by atoms with Crippen LogP contribution in [0.2, 0.25) is 16.6 Å². The lowest BCUT2D eigenvalue weighted by molar-refractivity contribution is -0.160. The highest BCUT2D eigenvalue weighted by molar-refractivity contribution is 6.77. The minimum absolute atomic E-state index is 0.214. The number of ether oxygens (including phenoxy) is 2. The van der Waals surface area contributed by atoms with Gasteiger partial charge in [-0.2, -0.15) is 0 Å². The van der Waals surface area contributed by atoms with Gasteiger partial charge in [0.15, 0.2) is 8.32 Å². The molecular formula is C30H56N2O6Si. The summed E-state index contributed by atoms with van der Waals surface area (Å²) in [5.74, 6) is -0.921. The second-order valence-electron chi connectivity index (χ2n) is 13.8. The lowest BCUT2D eigenvalue weighted by atomic mass is 9.93. The Morgan fingerprint density at radius 1 is 0.923 bits per heavy atom. The van der Waals surface area contributed by atoms with E-state index in [-0.39, 0.29) is 18.4 Å². The average Bonchev–Trinajstić information content (AvgIpc) is 3.09. The number of esters is 1. The molecule has 1 saturated heterocycles. The zero-order valence-corrected chi connectivity index (χ0v) is 28.0. The molecule has 1 aliphatic heterocycles. The molecule has 1 rings (SSSR count).